The zero-order chi connectivity index (χ0) is 15.6. The van der Waals surface area contributed by atoms with Crippen LogP contribution in [0.2, 0.25) is 0 Å². The van der Waals surface area contributed by atoms with Gasteiger partial charge in [0.15, 0.2) is 0 Å². The van der Waals surface area contributed by atoms with Gasteiger partial charge in [0.2, 0.25) is 5.91 Å². The van der Waals surface area contributed by atoms with Crippen molar-refractivity contribution in [1.82, 2.24) is 9.78 Å². The Bertz CT molecular complexity index is 671. The van der Waals surface area contributed by atoms with E-state index in [1.807, 2.05) is 44.6 Å². The fraction of sp³-hybridized carbons (Fsp3) is 0.412. The minimum Gasteiger partial charge on any atom is -0.325 e. The highest BCUT2D eigenvalue weighted by Crippen LogP contribution is 2.22. The fourth-order valence-electron chi connectivity index (χ4n) is 2.62. The lowest BCUT2D eigenvalue weighted by atomic mass is 10.0. The zero-order valence-corrected chi connectivity index (χ0v) is 13.4. The predicted octanol–water partition coefficient (Wildman–Crippen LogP) is 3.09. The van der Waals surface area contributed by atoms with Gasteiger partial charge in [-0.1, -0.05) is 25.1 Å². The molecule has 0 aliphatic heterocycles. The monoisotopic (exact) mass is 285 g/mol. The number of rotatable bonds is 4. The van der Waals surface area contributed by atoms with Crippen LogP contribution in [0.1, 0.15) is 35.0 Å². The van der Waals surface area contributed by atoms with Crippen LogP contribution in [0.15, 0.2) is 18.2 Å². The number of hydrogen-bond donors (Lipinski definition) is 1. The minimum absolute atomic E-state index is 0.0122. The summed E-state index contributed by atoms with van der Waals surface area (Å²) in [7, 11) is 1.90. The summed E-state index contributed by atoms with van der Waals surface area (Å²) in [5.41, 5.74) is 6.20. The normalized spacial score (nSPS) is 10.7. The van der Waals surface area contributed by atoms with Crippen molar-refractivity contribution in [1.29, 1.82) is 0 Å². The van der Waals surface area contributed by atoms with Gasteiger partial charge >= 0.3 is 0 Å². The second kappa shape index (κ2) is 6.12. The minimum atomic E-state index is 0.0122. The number of amides is 1. The van der Waals surface area contributed by atoms with E-state index < -0.39 is 0 Å². The van der Waals surface area contributed by atoms with Gasteiger partial charge in [-0.25, -0.2) is 0 Å². The molecule has 0 atom stereocenters. The molecular formula is C17H23N3O. The molecule has 0 aliphatic carbocycles. The first kappa shape index (κ1) is 15.3. The number of anilines is 1. The van der Waals surface area contributed by atoms with E-state index in [2.05, 4.69) is 23.4 Å². The quantitative estimate of drug-likeness (QED) is 0.938. The van der Waals surface area contributed by atoms with E-state index in [1.165, 1.54) is 5.56 Å². The molecule has 21 heavy (non-hydrogen) atoms. The highest BCUT2D eigenvalue weighted by atomic mass is 16.1. The van der Waals surface area contributed by atoms with Crippen molar-refractivity contribution in [3.63, 3.8) is 0 Å². The van der Waals surface area contributed by atoms with Crippen LogP contribution in [-0.2, 0) is 24.7 Å². The van der Waals surface area contributed by atoms with Crippen molar-refractivity contribution in [2.45, 2.75) is 40.5 Å². The second-order valence-electron chi connectivity index (χ2n) is 5.46. The molecule has 1 amide bonds. The Labute approximate surface area is 126 Å². The summed E-state index contributed by atoms with van der Waals surface area (Å²) in [4.78, 5) is 12.4. The summed E-state index contributed by atoms with van der Waals surface area (Å²) in [5.74, 6) is 0.0122. The summed E-state index contributed by atoms with van der Waals surface area (Å²) in [6.07, 6.45) is 1.27. The van der Waals surface area contributed by atoms with Gasteiger partial charge in [-0.3, -0.25) is 9.48 Å². The number of benzene rings is 1. The standard InChI is InChI=1S/C17H23N3O/c1-6-14-9-7-8-11(2)17(14)18-16(21)10-15-12(3)19-20(5)13(15)4/h7-9H,6,10H2,1-5H3,(H,18,21). The summed E-state index contributed by atoms with van der Waals surface area (Å²) in [6.45, 7) is 8.06. The van der Waals surface area contributed by atoms with Gasteiger partial charge in [0.05, 0.1) is 12.1 Å². The maximum atomic E-state index is 12.4. The first-order chi connectivity index (χ1) is 9.93. The van der Waals surface area contributed by atoms with E-state index >= 15 is 0 Å². The van der Waals surface area contributed by atoms with E-state index in [0.29, 0.717) is 6.42 Å². The molecule has 0 aliphatic rings. The van der Waals surface area contributed by atoms with Crippen LogP contribution in [0.4, 0.5) is 5.69 Å². The molecule has 1 N–H and O–H groups in total. The summed E-state index contributed by atoms with van der Waals surface area (Å²) < 4.78 is 1.82. The number of carbonyl (C=O) groups excluding carboxylic acids is 1. The average Bonchev–Trinajstić information content (AvgIpc) is 2.67. The van der Waals surface area contributed by atoms with Crippen molar-refractivity contribution in [3.8, 4) is 0 Å². The van der Waals surface area contributed by atoms with Crippen LogP contribution in [0, 0.1) is 20.8 Å². The number of aromatic nitrogens is 2. The molecule has 4 nitrogen and oxygen atoms in total. The summed E-state index contributed by atoms with van der Waals surface area (Å²) >= 11 is 0. The predicted molar refractivity (Wildman–Crippen MR) is 85.6 cm³/mol. The molecule has 2 rings (SSSR count). The van der Waals surface area contributed by atoms with E-state index in [1.54, 1.807) is 0 Å². The Morgan fingerprint density at radius 3 is 2.57 bits per heavy atom. The van der Waals surface area contributed by atoms with Gasteiger partial charge in [-0.2, -0.15) is 5.10 Å². The molecule has 2 aromatic rings. The van der Waals surface area contributed by atoms with Crippen molar-refractivity contribution in [2.24, 2.45) is 7.05 Å². The molecule has 0 saturated heterocycles. The summed E-state index contributed by atoms with van der Waals surface area (Å²) in [5, 5.41) is 7.42. The van der Waals surface area contributed by atoms with E-state index in [9.17, 15) is 4.79 Å². The molecule has 0 radical (unpaired) electrons. The Morgan fingerprint density at radius 2 is 2.00 bits per heavy atom. The van der Waals surface area contributed by atoms with Crippen molar-refractivity contribution in [3.05, 3.63) is 46.3 Å². The Hall–Kier alpha value is -2.10. The Morgan fingerprint density at radius 1 is 1.29 bits per heavy atom. The number of aryl methyl sites for hydroxylation is 4. The highest BCUT2D eigenvalue weighted by molar-refractivity contribution is 5.94. The van der Waals surface area contributed by atoms with Crippen LogP contribution in [0.3, 0.4) is 0 Å². The van der Waals surface area contributed by atoms with Gasteiger partial charge in [-0.05, 0) is 38.3 Å². The third kappa shape index (κ3) is 3.15. The molecule has 4 heteroatoms. The number of nitrogens with zero attached hydrogens (tertiary/aromatic N) is 2. The number of hydrogen-bond acceptors (Lipinski definition) is 2. The van der Waals surface area contributed by atoms with Gasteiger partial charge in [0.1, 0.15) is 0 Å². The number of carbonyl (C=O) groups is 1. The lowest BCUT2D eigenvalue weighted by Crippen LogP contribution is -2.17. The molecular weight excluding hydrogens is 262 g/mol. The highest BCUT2D eigenvalue weighted by Gasteiger charge is 2.15. The Balaban J connectivity index is 2.20. The van der Waals surface area contributed by atoms with Gasteiger partial charge in [0.25, 0.3) is 0 Å². The van der Waals surface area contributed by atoms with Crippen LogP contribution < -0.4 is 5.32 Å². The maximum absolute atomic E-state index is 12.4. The molecule has 112 valence electrons. The lowest BCUT2D eigenvalue weighted by Gasteiger charge is -2.13. The molecule has 0 bridgehead atoms. The van der Waals surface area contributed by atoms with E-state index in [0.717, 1.165) is 34.6 Å². The molecule has 1 aromatic heterocycles. The van der Waals surface area contributed by atoms with Gasteiger partial charge in [0, 0.05) is 24.0 Å². The third-order valence-electron chi connectivity index (χ3n) is 4.00. The maximum Gasteiger partial charge on any atom is 0.228 e. The smallest absolute Gasteiger partial charge is 0.228 e. The average molecular weight is 285 g/mol. The third-order valence-corrected chi connectivity index (χ3v) is 4.00. The fourth-order valence-corrected chi connectivity index (χ4v) is 2.62. The van der Waals surface area contributed by atoms with Crippen LogP contribution in [0.25, 0.3) is 0 Å². The zero-order valence-electron chi connectivity index (χ0n) is 13.4. The van der Waals surface area contributed by atoms with Crippen molar-refractivity contribution in [2.75, 3.05) is 5.32 Å². The summed E-state index contributed by atoms with van der Waals surface area (Å²) in [6, 6.07) is 6.11. The molecule has 0 spiro atoms. The topological polar surface area (TPSA) is 46.9 Å². The molecule has 0 unspecified atom stereocenters. The van der Waals surface area contributed by atoms with Crippen molar-refractivity contribution >= 4 is 11.6 Å². The lowest BCUT2D eigenvalue weighted by molar-refractivity contribution is -0.115. The first-order valence-corrected chi connectivity index (χ1v) is 7.31. The molecule has 1 heterocycles. The van der Waals surface area contributed by atoms with E-state index in [-0.39, 0.29) is 5.91 Å². The molecule has 1 aromatic carbocycles. The Kier molecular flexibility index (Phi) is 4.46. The largest absolute Gasteiger partial charge is 0.325 e. The van der Waals surface area contributed by atoms with Crippen LogP contribution >= 0.6 is 0 Å². The molecule has 0 saturated carbocycles. The number of para-hydroxylation sites is 1. The van der Waals surface area contributed by atoms with E-state index in [4.69, 9.17) is 0 Å². The van der Waals surface area contributed by atoms with Gasteiger partial charge in [-0.15, -0.1) is 0 Å². The molecule has 0 fully saturated rings. The van der Waals surface area contributed by atoms with Gasteiger partial charge < -0.3 is 5.32 Å². The second-order valence-corrected chi connectivity index (χ2v) is 5.46. The SMILES string of the molecule is CCc1cccc(C)c1NC(=O)Cc1c(C)nn(C)c1C. The first-order valence-electron chi connectivity index (χ1n) is 7.31. The number of nitrogens with one attached hydrogen (secondary N) is 1. The van der Waals surface area contributed by atoms with Crippen molar-refractivity contribution < 1.29 is 4.79 Å². The van der Waals surface area contributed by atoms with Crippen LogP contribution in [-0.4, -0.2) is 15.7 Å². The van der Waals surface area contributed by atoms with Crippen LogP contribution in [0.5, 0.6) is 0 Å².